The van der Waals surface area contributed by atoms with E-state index in [9.17, 15) is 0 Å². The van der Waals surface area contributed by atoms with Crippen LogP contribution < -0.4 is 10.1 Å². The lowest BCUT2D eigenvalue weighted by molar-refractivity contribution is 0.227. The van der Waals surface area contributed by atoms with Crippen molar-refractivity contribution in [2.75, 3.05) is 32.1 Å². The molecule has 1 aliphatic rings. The summed E-state index contributed by atoms with van der Waals surface area (Å²) in [7, 11) is 2.19. The van der Waals surface area contributed by atoms with E-state index in [1.807, 2.05) is 20.0 Å². The third-order valence-corrected chi connectivity index (χ3v) is 3.62. The number of hydrogen-bond acceptors (Lipinski definition) is 5. The van der Waals surface area contributed by atoms with Crippen LogP contribution >= 0.6 is 0 Å². The van der Waals surface area contributed by atoms with E-state index in [0.717, 1.165) is 25.1 Å². The van der Waals surface area contributed by atoms with Crippen molar-refractivity contribution in [1.29, 1.82) is 0 Å². The van der Waals surface area contributed by atoms with Gasteiger partial charge in [-0.15, -0.1) is 0 Å². The Hall–Kier alpha value is -1.36. The number of ether oxygens (including phenoxy) is 1. The summed E-state index contributed by atoms with van der Waals surface area (Å²) in [4.78, 5) is 11.0. The molecule has 5 nitrogen and oxygen atoms in total. The van der Waals surface area contributed by atoms with Crippen LogP contribution in [0, 0.1) is 6.92 Å². The molecule has 1 fully saturated rings. The molecule has 106 valence electrons. The number of likely N-dealkylation sites (tertiary alicyclic amines) is 1. The van der Waals surface area contributed by atoms with Gasteiger partial charge in [-0.1, -0.05) is 0 Å². The number of aromatic nitrogens is 2. The molecule has 1 N–H and O–H groups in total. The minimum atomic E-state index is 0.640. The first kappa shape index (κ1) is 14.1. The molecule has 2 heterocycles. The predicted molar refractivity (Wildman–Crippen MR) is 76.7 cm³/mol. The topological polar surface area (TPSA) is 50.3 Å². The van der Waals surface area contributed by atoms with E-state index in [0.29, 0.717) is 17.9 Å². The molecule has 0 amide bonds. The Bertz CT molecular complexity index is 410. The number of nitrogens with one attached hydrogen (secondary N) is 1. The largest absolute Gasteiger partial charge is 0.477 e. The standard InChI is InChI=1S/C14H24N4O/c1-4-15-14-16-10-11(2)13(17-14)19-9-7-12-6-5-8-18(12)3/h10,12H,4-9H2,1-3H3,(H,15,16,17). The van der Waals surface area contributed by atoms with Gasteiger partial charge < -0.3 is 15.0 Å². The zero-order chi connectivity index (χ0) is 13.7. The zero-order valence-electron chi connectivity index (χ0n) is 12.1. The Labute approximate surface area is 115 Å². The van der Waals surface area contributed by atoms with Crippen LogP contribution in [0.2, 0.25) is 0 Å². The van der Waals surface area contributed by atoms with E-state index in [1.165, 1.54) is 19.4 Å². The first-order valence-electron chi connectivity index (χ1n) is 7.11. The maximum absolute atomic E-state index is 5.82. The summed E-state index contributed by atoms with van der Waals surface area (Å²) in [5.41, 5.74) is 0.987. The van der Waals surface area contributed by atoms with E-state index in [2.05, 4.69) is 27.2 Å². The summed E-state index contributed by atoms with van der Waals surface area (Å²) in [5.74, 6) is 1.34. The number of rotatable bonds is 6. The highest BCUT2D eigenvalue weighted by molar-refractivity contribution is 5.32. The fourth-order valence-corrected chi connectivity index (χ4v) is 2.45. The van der Waals surface area contributed by atoms with Crippen molar-refractivity contribution in [3.63, 3.8) is 0 Å². The Morgan fingerprint density at radius 1 is 1.53 bits per heavy atom. The molecule has 0 bridgehead atoms. The van der Waals surface area contributed by atoms with Gasteiger partial charge in [0.05, 0.1) is 6.61 Å². The number of anilines is 1. The molecule has 2 rings (SSSR count). The van der Waals surface area contributed by atoms with Crippen LogP contribution in [0.15, 0.2) is 6.20 Å². The highest BCUT2D eigenvalue weighted by Crippen LogP contribution is 2.19. The van der Waals surface area contributed by atoms with E-state index in [-0.39, 0.29) is 0 Å². The lowest BCUT2D eigenvalue weighted by atomic mass is 10.1. The van der Waals surface area contributed by atoms with Crippen molar-refractivity contribution in [3.05, 3.63) is 11.8 Å². The van der Waals surface area contributed by atoms with E-state index >= 15 is 0 Å². The van der Waals surface area contributed by atoms with E-state index < -0.39 is 0 Å². The number of hydrogen-bond donors (Lipinski definition) is 1. The van der Waals surface area contributed by atoms with Crippen molar-refractivity contribution in [1.82, 2.24) is 14.9 Å². The molecule has 0 spiro atoms. The van der Waals surface area contributed by atoms with Gasteiger partial charge in [0, 0.05) is 24.3 Å². The van der Waals surface area contributed by atoms with Gasteiger partial charge >= 0.3 is 0 Å². The maximum Gasteiger partial charge on any atom is 0.225 e. The molecular formula is C14H24N4O. The molecular weight excluding hydrogens is 240 g/mol. The van der Waals surface area contributed by atoms with Gasteiger partial charge in [-0.25, -0.2) is 4.98 Å². The first-order chi connectivity index (χ1) is 9.20. The Kier molecular flexibility index (Phi) is 4.96. The molecule has 0 radical (unpaired) electrons. The van der Waals surface area contributed by atoms with E-state index in [1.54, 1.807) is 0 Å². The van der Waals surface area contributed by atoms with Crippen LogP contribution in [-0.4, -0.2) is 47.7 Å². The maximum atomic E-state index is 5.82. The number of aryl methyl sites for hydroxylation is 1. The molecule has 19 heavy (non-hydrogen) atoms. The molecule has 1 aromatic heterocycles. The van der Waals surface area contributed by atoms with Gasteiger partial charge in [0.25, 0.3) is 0 Å². The second-order valence-electron chi connectivity index (χ2n) is 5.13. The lowest BCUT2D eigenvalue weighted by Gasteiger charge is -2.19. The van der Waals surface area contributed by atoms with Crippen molar-refractivity contribution in [2.45, 2.75) is 39.2 Å². The molecule has 0 aliphatic carbocycles. The highest BCUT2D eigenvalue weighted by atomic mass is 16.5. The average Bonchev–Trinajstić information content (AvgIpc) is 2.79. The van der Waals surface area contributed by atoms with Crippen molar-refractivity contribution in [3.8, 4) is 5.88 Å². The minimum Gasteiger partial charge on any atom is -0.477 e. The summed E-state index contributed by atoms with van der Waals surface area (Å²) in [6.07, 6.45) is 5.46. The van der Waals surface area contributed by atoms with Crippen LogP contribution in [0.4, 0.5) is 5.95 Å². The van der Waals surface area contributed by atoms with Crippen LogP contribution in [0.1, 0.15) is 31.7 Å². The minimum absolute atomic E-state index is 0.640. The smallest absolute Gasteiger partial charge is 0.225 e. The van der Waals surface area contributed by atoms with Gasteiger partial charge in [-0.05, 0) is 46.7 Å². The second kappa shape index (κ2) is 6.70. The lowest BCUT2D eigenvalue weighted by Crippen LogP contribution is -2.26. The molecule has 0 saturated carbocycles. The fourth-order valence-electron chi connectivity index (χ4n) is 2.45. The van der Waals surface area contributed by atoms with Crippen molar-refractivity contribution in [2.24, 2.45) is 0 Å². The van der Waals surface area contributed by atoms with Gasteiger partial charge in [-0.2, -0.15) is 4.98 Å². The first-order valence-corrected chi connectivity index (χ1v) is 7.11. The second-order valence-corrected chi connectivity index (χ2v) is 5.13. The molecule has 1 saturated heterocycles. The van der Waals surface area contributed by atoms with Gasteiger partial charge in [0.1, 0.15) is 0 Å². The Morgan fingerprint density at radius 2 is 2.37 bits per heavy atom. The quantitative estimate of drug-likeness (QED) is 0.852. The van der Waals surface area contributed by atoms with Crippen molar-refractivity contribution < 1.29 is 4.74 Å². The predicted octanol–water partition coefficient (Wildman–Crippen LogP) is 2.08. The number of nitrogens with zero attached hydrogens (tertiary/aromatic N) is 3. The summed E-state index contributed by atoms with van der Waals surface area (Å²) in [6, 6.07) is 0.662. The Balaban J connectivity index is 1.86. The third-order valence-electron chi connectivity index (χ3n) is 3.62. The summed E-state index contributed by atoms with van der Waals surface area (Å²) < 4.78 is 5.82. The molecule has 1 aliphatic heterocycles. The summed E-state index contributed by atoms with van der Waals surface area (Å²) in [6.45, 7) is 6.75. The highest BCUT2D eigenvalue weighted by Gasteiger charge is 2.20. The molecule has 1 atom stereocenters. The summed E-state index contributed by atoms with van der Waals surface area (Å²) >= 11 is 0. The third kappa shape index (κ3) is 3.80. The van der Waals surface area contributed by atoms with Gasteiger partial charge in [0.15, 0.2) is 0 Å². The van der Waals surface area contributed by atoms with Gasteiger partial charge in [0.2, 0.25) is 11.8 Å². The molecule has 1 unspecified atom stereocenters. The molecule has 0 aromatic carbocycles. The van der Waals surface area contributed by atoms with Crippen LogP contribution in [-0.2, 0) is 0 Å². The Morgan fingerprint density at radius 3 is 3.05 bits per heavy atom. The normalized spacial score (nSPS) is 19.6. The summed E-state index contributed by atoms with van der Waals surface area (Å²) in [5, 5.41) is 3.10. The van der Waals surface area contributed by atoms with Crippen LogP contribution in [0.3, 0.4) is 0 Å². The van der Waals surface area contributed by atoms with Crippen LogP contribution in [0.25, 0.3) is 0 Å². The SMILES string of the molecule is CCNc1ncc(C)c(OCCC2CCCN2C)n1. The molecule has 1 aromatic rings. The van der Waals surface area contributed by atoms with Gasteiger partial charge in [-0.3, -0.25) is 0 Å². The van der Waals surface area contributed by atoms with Crippen LogP contribution in [0.5, 0.6) is 5.88 Å². The average molecular weight is 264 g/mol. The van der Waals surface area contributed by atoms with E-state index in [4.69, 9.17) is 4.74 Å². The fraction of sp³-hybridized carbons (Fsp3) is 0.714. The van der Waals surface area contributed by atoms with Crippen molar-refractivity contribution >= 4 is 5.95 Å². The molecule has 5 heteroatoms. The monoisotopic (exact) mass is 264 g/mol. The zero-order valence-corrected chi connectivity index (χ0v) is 12.1.